The van der Waals surface area contributed by atoms with Gasteiger partial charge in [0.2, 0.25) is 5.91 Å². The lowest BCUT2D eigenvalue weighted by Gasteiger charge is -2.29. The number of amides is 1. The van der Waals surface area contributed by atoms with Crippen LogP contribution in [0.1, 0.15) is 32.3 Å². The van der Waals surface area contributed by atoms with Crippen LogP contribution < -0.4 is 10.5 Å². The Morgan fingerprint density at radius 3 is 2.38 bits per heavy atom. The van der Waals surface area contributed by atoms with Crippen molar-refractivity contribution in [1.82, 2.24) is 4.90 Å². The Bertz CT molecular complexity index is 466. The third kappa shape index (κ3) is 3.97. The predicted molar refractivity (Wildman–Crippen MR) is 83.9 cm³/mol. The molecule has 0 saturated heterocycles. The first-order valence-electron chi connectivity index (χ1n) is 7.70. The van der Waals surface area contributed by atoms with Crippen LogP contribution in [0.25, 0.3) is 0 Å². The van der Waals surface area contributed by atoms with Gasteiger partial charge in [0.15, 0.2) is 0 Å². The van der Waals surface area contributed by atoms with Gasteiger partial charge in [0.1, 0.15) is 5.75 Å². The van der Waals surface area contributed by atoms with Crippen LogP contribution in [-0.4, -0.2) is 30.5 Å². The van der Waals surface area contributed by atoms with Crippen LogP contribution >= 0.6 is 0 Å². The summed E-state index contributed by atoms with van der Waals surface area (Å²) in [6, 6.07) is 8.32. The van der Waals surface area contributed by atoms with E-state index in [1.165, 1.54) is 0 Å². The smallest absolute Gasteiger partial charge is 0.227 e. The average Bonchev–Trinajstić information content (AvgIpc) is 3.30. The van der Waals surface area contributed by atoms with E-state index in [9.17, 15) is 4.79 Å². The first-order chi connectivity index (χ1) is 10.1. The lowest BCUT2D eigenvalue weighted by Crippen LogP contribution is -2.42. The molecule has 1 aliphatic rings. The van der Waals surface area contributed by atoms with Gasteiger partial charge in [-0.1, -0.05) is 26.0 Å². The maximum Gasteiger partial charge on any atom is 0.227 e. The average molecular weight is 290 g/mol. The minimum Gasteiger partial charge on any atom is -0.497 e. The summed E-state index contributed by atoms with van der Waals surface area (Å²) in [5.74, 6) is 1.24. The molecule has 0 aliphatic heterocycles. The molecule has 21 heavy (non-hydrogen) atoms. The zero-order valence-electron chi connectivity index (χ0n) is 13.2. The van der Waals surface area contributed by atoms with Crippen LogP contribution in [0.3, 0.4) is 0 Å². The van der Waals surface area contributed by atoms with Crippen LogP contribution in [0, 0.1) is 11.8 Å². The van der Waals surface area contributed by atoms with Crippen LogP contribution in [0.4, 0.5) is 0 Å². The summed E-state index contributed by atoms with van der Waals surface area (Å²) in [4.78, 5) is 14.8. The van der Waals surface area contributed by atoms with Crippen molar-refractivity contribution in [2.45, 2.75) is 39.3 Å². The van der Waals surface area contributed by atoms with Crippen molar-refractivity contribution in [1.29, 1.82) is 0 Å². The highest BCUT2D eigenvalue weighted by molar-refractivity contribution is 5.80. The SMILES string of the molecule is COc1ccc(CN(C(=O)C(CN)C(C)C)C2CC2)cc1. The van der Waals surface area contributed by atoms with Crippen molar-refractivity contribution in [3.63, 3.8) is 0 Å². The Morgan fingerprint density at radius 2 is 1.95 bits per heavy atom. The Kier molecular flexibility index (Phi) is 5.23. The fourth-order valence-electron chi connectivity index (χ4n) is 2.57. The van der Waals surface area contributed by atoms with E-state index in [1.54, 1.807) is 7.11 Å². The summed E-state index contributed by atoms with van der Waals surface area (Å²) in [5.41, 5.74) is 6.94. The molecule has 2 N–H and O–H groups in total. The molecule has 0 heterocycles. The lowest BCUT2D eigenvalue weighted by molar-refractivity contribution is -0.137. The number of hydrogen-bond donors (Lipinski definition) is 1. The summed E-state index contributed by atoms with van der Waals surface area (Å²) < 4.78 is 5.17. The maximum absolute atomic E-state index is 12.7. The van der Waals surface area contributed by atoms with Gasteiger partial charge in [-0.25, -0.2) is 0 Å². The second-order valence-corrected chi connectivity index (χ2v) is 6.13. The van der Waals surface area contributed by atoms with Crippen molar-refractivity contribution in [2.24, 2.45) is 17.6 Å². The number of benzene rings is 1. The van der Waals surface area contributed by atoms with Crippen LogP contribution in [0.5, 0.6) is 5.75 Å². The van der Waals surface area contributed by atoms with Crippen molar-refractivity contribution in [2.75, 3.05) is 13.7 Å². The molecule has 0 aromatic heterocycles. The highest BCUT2D eigenvalue weighted by atomic mass is 16.5. The minimum absolute atomic E-state index is 0.0798. The van der Waals surface area contributed by atoms with E-state index >= 15 is 0 Å². The fraction of sp³-hybridized carbons (Fsp3) is 0.588. The molecule has 116 valence electrons. The third-order valence-corrected chi connectivity index (χ3v) is 4.16. The van der Waals surface area contributed by atoms with E-state index < -0.39 is 0 Å². The van der Waals surface area contributed by atoms with Gasteiger partial charge in [-0.3, -0.25) is 4.79 Å². The number of carbonyl (C=O) groups is 1. The minimum atomic E-state index is -0.0798. The zero-order chi connectivity index (χ0) is 15.4. The van der Waals surface area contributed by atoms with Gasteiger partial charge in [-0.15, -0.1) is 0 Å². The fourth-order valence-corrected chi connectivity index (χ4v) is 2.57. The van der Waals surface area contributed by atoms with Crippen molar-refractivity contribution >= 4 is 5.91 Å². The van der Waals surface area contributed by atoms with Crippen LogP contribution in [-0.2, 0) is 11.3 Å². The van der Waals surface area contributed by atoms with E-state index in [4.69, 9.17) is 10.5 Å². The summed E-state index contributed by atoms with van der Waals surface area (Å²) in [5, 5.41) is 0. The molecule has 1 aliphatic carbocycles. The van der Waals surface area contributed by atoms with Crippen molar-refractivity contribution < 1.29 is 9.53 Å². The topological polar surface area (TPSA) is 55.6 Å². The predicted octanol–water partition coefficient (Wildman–Crippen LogP) is 2.42. The van der Waals surface area contributed by atoms with Gasteiger partial charge in [-0.2, -0.15) is 0 Å². The van der Waals surface area contributed by atoms with E-state index in [-0.39, 0.29) is 17.7 Å². The van der Waals surface area contributed by atoms with E-state index in [2.05, 4.69) is 13.8 Å². The molecule has 1 amide bonds. The van der Waals surface area contributed by atoms with Crippen molar-refractivity contribution in [3.8, 4) is 5.75 Å². The Labute approximate surface area is 127 Å². The van der Waals surface area contributed by atoms with Gasteiger partial charge in [0.05, 0.1) is 13.0 Å². The van der Waals surface area contributed by atoms with Crippen LogP contribution in [0.2, 0.25) is 0 Å². The van der Waals surface area contributed by atoms with Crippen LogP contribution in [0.15, 0.2) is 24.3 Å². The number of nitrogens with two attached hydrogens (primary N) is 1. The van der Waals surface area contributed by atoms with Gasteiger partial charge in [-0.05, 0) is 36.5 Å². The molecular formula is C17H26N2O2. The monoisotopic (exact) mass is 290 g/mol. The number of nitrogens with zero attached hydrogens (tertiary/aromatic N) is 1. The number of ether oxygens (including phenoxy) is 1. The van der Waals surface area contributed by atoms with Gasteiger partial charge in [0, 0.05) is 19.1 Å². The maximum atomic E-state index is 12.7. The molecule has 4 heteroatoms. The Balaban J connectivity index is 2.09. The summed E-state index contributed by atoms with van der Waals surface area (Å²) in [7, 11) is 1.66. The Hall–Kier alpha value is -1.55. The second kappa shape index (κ2) is 6.94. The highest BCUT2D eigenvalue weighted by Crippen LogP contribution is 2.31. The zero-order valence-corrected chi connectivity index (χ0v) is 13.2. The van der Waals surface area contributed by atoms with E-state index in [0.717, 1.165) is 24.2 Å². The number of hydrogen-bond acceptors (Lipinski definition) is 3. The quantitative estimate of drug-likeness (QED) is 0.839. The molecule has 1 fully saturated rings. The standard InChI is InChI=1S/C17H26N2O2/c1-12(2)16(10-18)17(20)19(14-6-7-14)11-13-4-8-15(21-3)9-5-13/h4-5,8-9,12,14,16H,6-7,10-11,18H2,1-3H3. The molecule has 0 bridgehead atoms. The highest BCUT2D eigenvalue weighted by Gasteiger charge is 2.36. The van der Waals surface area contributed by atoms with E-state index in [0.29, 0.717) is 19.1 Å². The molecule has 1 unspecified atom stereocenters. The molecule has 1 aromatic carbocycles. The largest absolute Gasteiger partial charge is 0.497 e. The lowest BCUT2D eigenvalue weighted by atomic mass is 9.94. The molecular weight excluding hydrogens is 264 g/mol. The molecule has 1 aromatic rings. The summed E-state index contributed by atoms with van der Waals surface area (Å²) in [6.45, 7) is 5.21. The summed E-state index contributed by atoms with van der Waals surface area (Å²) in [6.07, 6.45) is 2.22. The third-order valence-electron chi connectivity index (χ3n) is 4.16. The van der Waals surface area contributed by atoms with E-state index in [1.807, 2.05) is 29.2 Å². The summed E-state index contributed by atoms with van der Waals surface area (Å²) >= 11 is 0. The normalized spacial score (nSPS) is 15.9. The molecule has 1 atom stereocenters. The Morgan fingerprint density at radius 1 is 1.33 bits per heavy atom. The number of rotatable bonds is 7. The molecule has 1 saturated carbocycles. The van der Waals surface area contributed by atoms with Crippen molar-refractivity contribution in [3.05, 3.63) is 29.8 Å². The number of carbonyl (C=O) groups excluding carboxylic acids is 1. The second-order valence-electron chi connectivity index (χ2n) is 6.13. The van der Waals surface area contributed by atoms with Gasteiger partial charge < -0.3 is 15.4 Å². The first-order valence-corrected chi connectivity index (χ1v) is 7.70. The first kappa shape index (κ1) is 15.8. The number of methoxy groups -OCH3 is 1. The molecule has 2 rings (SSSR count). The molecule has 0 radical (unpaired) electrons. The van der Waals surface area contributed by atoms with Gasteiger partial charge in [0.25, 0.3) is 0 Å². The molecule has 4 nitrogen and oxygen atoms in total. The van der Waals surface area contributed by atoms with Gasteiger partial charge >= 0.3 is 0 Å². The molecule has 0 spiro atoms.